The Morgan fingerprint density at radius 2 is 1.74 bits per heavy atom. The van der Waals surface area contributed by atoms with Crippen LogP contribution in [0.5, 0.6) is 0 Å². The molecule has 2 aromatic carbocycles. The molecule has 1 aliphatic rings. The van der Waals surface area contributed by atoms with Crippen molar-refractivity contribution in [2.75, 3.05) is 28.6 Å². The Kier molecular flexibility index (Phi) is 6.74. The summed E-state index contributed by atoms with van der Waals surface area (Å²) < 4.78 is 38.9. The second-order valence-electron chi connectivity index (χ2n) is 7.78. The number of thiazole rings is 1. The number of urea groups is 1. The van der Waals surface area contributed by atoms with Crippen LogP contribution in [-0.4, -0.2) is 40.8 Å². The normalized spacial score (nSPS) is 13.8. The number of aromatic nitrogens is 1. The number of carbonyl (C=O) groups is 3. The summed E-state index contributed by atoms with van der Waals surface area (Å²) in [4.78, 5) is 43.6. The Hall–Kier alpha value is -3.93. The molecule has 0 unspecified atom stereocenters. The maximum absolute atomic E-state index is 13.0. The van der Waals surface area contributed by atoms with Crippen LogP contribution in [0.25, 0.3) is 0 Å². The van der Waals surface area contributed by atoms with Crippen molar-refractivity contribution in [2.24, 2.45) is 0 Å². The maximum atomic E-state index is 13.0. The molecule has 8 nitrogen and oxygen atoms in total. The van der Waals surface area contributed by atoms with Gasteiger partial charge < -0.3 is 15.5 Å². The van der Waals surface area contributed by atoms with Gasteiger partial charge in [0.25, 0.3) is 5.91 Å². The summed E-state index contributed by atoms with van der Waals surface area (Å²) in [5.41, 5.74) is 0.828. The number of hydrogen-bond acceptors (Lipinski definition) is 5. The predicted octanol–water partition coefficient (Wildman–Crippen LogP) is 4.81. The molecule has 0 bridgehead atoms. The molecule has 12 heteroatoms. The number of carbonyl (C=O) groups excluding carboxylic acids is 3. The smallest absolute Gasteiger partial charge is 0.326 e. The van der Waals surface area contributed by atoms with Gasteiger partial charge in [-0.25, -0.2) is 9.78 Å². The van der Waals surface area contributed by atoms with E-state index in [9.17, 15) is 27.6 Å². The zero-order chi connectivity index (χ0) is 25.2. The van der Waals surface area contributed by atoms with Gasteiger partial charge >= 0.3 is 12.2 Å². The minimum absolute atomic E-state index is 0.0342. The van der Waals surface area contributed by atoms with Gasteiger partial charge in [-0.2, -0.15) is 13.2 Å². The lowest BCUT2D eigenvalue weighted by atomic mass is 10.1. The zero-order valence-corrected chi connectivity index (χ0v) is 19.2. The highest BCUT2D eigenvalue weighted by Crippen LogP contribution is 2.31. The first-order valence-corrected chi connectivity index (χ1v) is 11.4. The van der Waals surface area contributed by atoms with Crippen LogP contribution in [0.4, 0.5) is 34.5 Å². The average molecular weight is 504 g/mol. The molecular formula is C23H20F3N5O3S. The second-order valence-corrected chi connectivity index (χ2v) is 8.62. The standard InChI is InChI=1S/C23H20F3N5O3S/c1-14(32)27-17-5-7-18(8-6-17)28-20(33)19-13-35-21(29-19)31-10-9-30(22(31)34)12-15-3-2-4-16(11-15)23(24,25)26/h2-8,11,13H,9-10,12H2,1H3,(H,27,32)(H,28,33). The van der Waals surface area contributed by atoms with E-state index in [0.29, 0.717) is 35.2 Å². The van der Waals surface area contributed by atoms with E-state index in [-0.39, 0.29) is 18.1 Å². The Balaban J connectivity index is 1.38. The molecule has 1 aromatic heterocycles. The van der Waals surface area contributed by atoms with Crippen molar-refractivity contribution in [1.82, 2.24) is 9.88 Å². The third-order valence-corrected chi connectivity index (χ3v) is 6.01. The van der Waals surface area contributed by atoms with Gasteiger partial charge in [-0.15, -0.1) is 11.3 Å². The van der Waals surface area contributed by atoms with Crippen LogP contribution >= 0.6 is 11.3 Å². The van der Waals surface area contributed by atoms with E-state index in [2.05, 4.69) is 15.6 Å². The average Bonchev–Trinajstić information content (AvgIpc) is 3.42. The number of halogens is 3. The third kappa shape index (κ3) is 5.77. The summed E-state index contributed by atoms with van der Waals surface area (Å²) in [7, 11) is 0. The molecule has 1 saturated heterocycles. The third-order valence-electron chi connectivity index (χ3n) is 5.14. The molecule has 35 heavy (non-hydrogen) atoms. The summed E-state index contributed by atoms with van der Waals surface area (Å²) >= 11 is 1.12. The number of alkyl halides is 3. The molecule has 0 radical (unpaired) electrons. The number of nitrogens with zero attached hydrogens (tertiary/aromatic N) is 3. The quantitative estimate of drug-likeness (QED) is 0.505. The van der Waals surface area contributed by atoms with Crippen LogP contribution in [0.3, 0.4) is 0 Å². The summed E-state index contributed by atoms with van der Waals surface area (Å²) in [6, 6.07) is 11.0. The SMILES string of the molecule is CC(=O)Nc1ccc(NC(=O)c2csc(N3CCN(Cc4cccc(C(F)(F)F)c4)C3=O)n2)cc1. The fraction of sp³-hybridized carbons (Fsp3) is 0.217. The molecule has 0 atom stereocenters. The van der Waals surface area contributed by atoms with Gasteiger partial charge in [0.2, 0.25) is 5.91 Å². The van der Waals surface area contributed by atoms with E-state index >= 15 is 0 Å². The first-order valence-electron chi connectivity index (χ1n) is 10.5. The van der Waals surface area contributed by atoms with E-state index in [4.69, 9.17) is 0 Å². The Labute approximate surface area is 202 Å². The molecule has 0 aliphatic carbocycles. The van der Waals surface area contributed by atoms with Crippen molar-refractivity contribution < 1.29 is 27.6 Å². The lowest BCUT2D eigenvalue weighted by molar-refractivity contribution is -0.137. The Bertz CT molecular complexity index is 1260. The molecule has 0 saturated carbocycles. The lowest BCUT2D eigenvalue weighted by Gasteiger charge is -2.17. The molecular weight excluding hydrogens is 483 g/mol. The molecule has 3 aromatic rings. The zero-order valence-electron chi connectivity index (χ0n) is 18.4. The van der Waals surface area contributed by atoms with Gasteiger partial charge in [0.05, 0.1) is 5.56 Å². The van der Waals surface area contributed by atoms with E-state index < -0.39 is 23.7 Å². The molecule has 4 amide bonds. The van der Waals surface area contributed by atoms with E-state index in [1.165, 1.54) is 28.2 Å². The number of anilines is 3. The van der Waals surface area contributed by atoms with Gasteiger partial charge in [0.1, 0.15) is 5.69 Å². The van der Waals surface area contributed by atoms with Gasteiger partial charge in [-0.1, -0.05) is 12.1 Å². The van der Waals surface area contributed by atoms with Crippen LogP contribution in [0.2, 0.25) is 0 Å². The topological polar surface area (TPSA) is 94.6 Å². The first-order chi connectivity index (χ1) is 16.6. The highest BCUT2D eigenvalue weighted by molar-refractivity contribution is 7.14. The van der Waals surface area contributed by atoms with Crippen LogP contribution in [-0.2, 0) is 17.5 Å². The maximum Gasteiger partial charge on any atom is 0.416 e. The van der Waals surface area contributed by atoms with Crippen LogP contribution in [0.1, 0.15) is 28.5 Å². The van der Waals surface area contributed by atoms with Crippen LogP contribution in [0.15, 0.2) is 53.9 Å². The number of benzene rings is 2. The lowest BCUT2D eigenvalue weighted by Crippen LogP contribution is -2.31. The number of nitrogens with one attached hydrogen (secondary N) is 2. The van der Waals surface area contributed by atoms with Crippen LogP contribution in [0, 0.1) is 0 Å². The van der Waals surface area contributed by atoms with Crippen molar-refractivity contribution in [1.29, 1.82) is 0 Å². The van der Waals surface area contributed by atoms with E-state index in [1.54, 1.807) is 30.3 Å². The molecule has 182 valence electrons. The van der Waals surface area contributed by atoms with Crippen molar-refractivity contribution in [3.05, 3.63) is 70.7 Å². The van der Waals surface area contributed by atoms with Crippen molar-refractivity contribution >= 4 is 45.7 Å². The summed E-state index contributed by atoms with van der Waals surface area (Å²) in [5.74, 6) is -0.672. The first kappa shape index (κ1) is 24.2. The van der Waals surface area contributed by atoms with Crippen LogP contribution < -0.4 is 15.5 Å². The van der Waals surface area contributed by atoms with Crippen molar-refractivity contribution in [2.45, 2.75) is 19.6 Å². The molecule has 0 spiro atoms. The number of rotatable bonds is 6. The Morgan fingerprint density at radius 1 is 1.06 bits per heavy atom. The summed E-state index contributed by atoms with van der Waals surface area (Å²) in [5, 5.41) is 7.18. The number of amides is 4. The molecule has 1 aliphatic heterocycles. The van der Waals surface area contributed by atoms with Gasteiger partial charge in [-0.05, 0) is 42.0 Å². The molecule has 2 heterocycles. The second kappa shape index (κ2) is 9.74. The number of hydrogen-bond donors (Lipinski definition) is 2. The molecule has 4 rings (SSSR count). The minimum atomic E-state index is -4.46. The highest BCUT2D eigenvalue weighted by Gasteiger charge is 2.33. The largest absolute Gasteiger partial charge is 0.416 e. The van der Waals surface area contributed by atoms with E-state index in [0.717, 1.165) is 23.5 Å². The molecule has 1 fully saturated rings. The fourth-order valence-electron chi connectivity index (χ4n) is 3.50. The van der Waals surface area contributed by atoms with Crippen molar-refractivity contribution in [3.63, 3.8) is 0 Å². The Morgan fingerprint density at radius 3 is 2.40 bits per heavy atom. The van der Waals surface area contributed by atoms with Gasteiger partial charge in [0.15, 0.2) is 5.13 Å². The van der Waals surface area contributed by atoms with Gasteiger partial charge in [-0.3, -0.25) is 14.5 Å². The van der Waals surface area contributed by atoms with Crippen molar-refractivity contribution in [3.8, 4) is 0 Å². The monoisotopic (exact) mass is 503 g/mol. The van der Waals surface area contributed by atoms with Gasteiger partial charge in [0, 0.05) is 43.3 Å². The minimum Gasteiger partial charge on any atom is -0.326 e. The predicted molar refractivity (Wildman–Crippen MR) is 125 cm³/mol. The summed E-state index contributed by atoms with van der Waals surface area (Å²) in [6.07, 6.45) is -4.46. The van der Waals surface area contributed by atoms with E-state index in [1.807, 2.05) is 0 Å². The summed E-state index contributed by atoms with van der Waals surface area (Å²) in [6.45, 7) is 2.05. The molecule has 2 N–H and O–H groups in total. The highest BCUT2D eigenvalue weighted by atomic mass is 32.1. The fourth-order valence-corrected chi connectivity index (χ4v) is 4.33.